The summed E-state index contributed by atoms with van der Waals surface area (Å²) in [4.78, 5) is 36.4. The Labute approximate surface area is 175 Å². The standard InChI is InChI=1S/C20H17F2N3O6/c1-11-15(10-30-2)18(12-3-8-16(21)17(22)9-12)24(19(26)23-11)20(27)31-14-6-4-13(5-7-14)25(28)29/h3-9,18H,10H2,1-2H3,(H,23,26). The first-order valence-electron chi connectivity index (χ1n) is 8.93. The van der Waals surface area contributed by atoms with Crippen LogP contribution in [0, 0.1) is 21.7 Å². The Morgan fingerprint density at radius 2 is 1.87 bits per heavy atom. The van der Waals surface area contributed by atoms with E-state index in [2.05, 4.69) is 5.32 Å². The molecule has 0 bridgehead atoms. The molecule has 9 nitrogen and oxygen atoms in total. The van der Waals surface area contributed by atoms with Crippen molar-refractivity contribution >= 4 is 17.8 Å². The lowest BCUT2D eigenvalue weighted by Crippen LogP contribution is -2.51. The molecule has 1 aliphatic rings. The smallest absolute Gasteiger partial charge is 0.410 e. The molecule has 1 unspecified atom stereocenters. The number of halogens is 2. The number of nitro groups is 1. The number of nitrogens with zero attached hydrogens (tertiary/aromatic N) is 2. The van der Waals surface area contributed by atoms with Crippen molar-refractivity contribution in [2.75, 3.05) is 13.7 Å². The van der Waals surface area contributed by atoms with Crippen molar-refractivity contribution in [3.05, 3.63) is 81.0 Å². The number of allylic oxidation sites excluding steroid dienone is 1. The van der Waals surface area contributed by atoms with Gasteiger partial charge in [0.05, 0.1) is 17.6 Å². The Balaban J connectivity index is 2.00. The number of amides is 3. The van der Waals surface area contributed by atoms with Crippen LogP contribution in [0.25, 0.3) is 0 Å². The summed E-state index contributed by atoms with van der Waals surface area (Å²) in [6, 6.07) is 5.69. The molecule has 31 heavy (non-hydrogen) atoms. The van der Waals surface area contributed by atoms with E-state index >= 15 is 0 Å². The second-order valence-corrected chi connectivity index (χ2v) is 6.58. The van der Waals surface area contributed by atoms with Crippen LogP contribution in [0.15, 0.2) is 53.7 Å². The van der Waals surface area contributed by atoms with Crippen LogP contribution in [0.5, 0.6) is 5.75 Å². The molecule has 3 rings (SSSR count). The van der Waals surface area contributed by atoms with E-state index in [9.17, 15) is 28.5 Å². The Hall–Kier alpha value is -3.86. The maximum absolute atomic E-state index is 13.9. The van der Waals surface area contributed by atoms with E-state index in [1.807, 2.05) is 0 Å². The normalized spacial score (nSPS) is 16.2. The fraction of sp³-hybridized carbons (Fsp3) is 0.200. The summed E-state index contributed by atoms with van der Waals surface area (Å²) in [5, 5.41) is 13.3. The van der Waals surface area contributed by atoms with Gasteiger partial charge in [-0.05, 0) is 36.8 Å². The second kappa shape index (κ2) is 8.88. The first-order chi connectivity index (χ1) is 14.7. The Kier molecular flexibility index (Phi) is 6.25. The van der Waals surface area contributed by atoms with Crippen LogP contribution in [0.2, 0.25) is 0 Å². The fourth-order valence-corrected chi connectivity index (χ4v) is 3.13. The number of methoxy groups -OCH3 is 1. The molecule has 0 spiro atoms. The van der Waals surface area contributed by atoms with Gasteiger partial charge in [-0.15, -0.1) is 0 Å². The minimum absolute atomic E-state index is 0.0168. The first kappa shape index (κ1) is 21.8. The lowest BCUT2D eigenvalue weighted by atomic mass is 9.94. The number of hydrogen-bond donors (Lipinski definition) is 1. The molecule has 162 valence electrons. The predicted octanol–water partition coefficient (Wildman–Crippen LogP) is 4.06. The van der Waals surface area contributed by atoms with Gasteiger partial charge in [0.2, 0.25) is 0 Å². The third kappa shape index (κ3) is 4.51. The topological polar surface area (TPSA) is 111 Å². The van der Waals surface area contributed by atoms with Crippen molar-refractivity contribution in [1.82, 2.24) is 10.2 Å². The van der Waals surface area contributed by atoms with E-state index in [1.165, 1.54) is 25.3 Å². The summed E-state index contributed by atoms with van der Waals surface area (Å²) in [6.07, 6.45) is -1.12. The quantitative estimate of drug-likeness (QED) is 0.562. The highest BCUT2D eigenvalue weighted by Crippen LogP contribution is 2.35. The first-order valence-corrected chi connectivity index (χ1v) is 8.93. The molecule has 0 radical (unpaired) electrons. The molecule has 2 aromatic rings. The Bertz CT molecular complexity index is 1070. The molecule has 1 N–H and O–H groups in total. The van der Waals surface area contributed by atoms with Crippen molar-refractivity contribution in [2.24, 2.45) is 0 Å². The van der Waals surface area contributed by atoms with E-state index in [1.54, 1.807) is 6.92 Å². The largest absolute Gasteiger partial charge is 0.424 e. The molecule has 0 fully saturated rings. The third-order valence-electron chi connectivity index (χ3n) is 4.59. The number of ether oxygens (including phenoxy) is 2. The zero-order valence-corrected chi connectivity index (χ0v) is 16.4. The highest BCUT2D eigenvalue weighted by atomic mass is 19.2. The number of nitro benzene ring substituents is 1. The van der Waals surface area contributed by atoms with Gasteiger partial charge in [-0.3, -0.25) is 10.1 Å². The Morgan fingerprint density at radius 3 is 2.45 bits per heavy atom. The summed E-state index contributed by atoms with van der Waals surface area (Å²) in [5.74, 6) is -2.29. The Morgan fingerprint density at radius 1 is 1.19 bits per heavy atom. The summed E-state index contributed by atoms with van der Waals surface area (Å²) >= 11 is 0. The molecule has 11 heteroatoms. The van der Waals surface area contributed by atoms with Crippen LogP contribution < -0.4 is 10.1 Å². The minimum atomic E-state index is -1.15. The highest BCUT2D eigenvalue weighted by molar-refractivity contribution is 5.94. The van der Waals surface area contributed by atoms with Crippen molar-refractivity contribution in [3.8, 4) is 5.75 Å². The second-order valence-electron chi connectivity index (χ2n) is 6.58. The minimum Gasteiger partial charge on any atom is -0.410 e. The molecule has 1 aliphatic heterocycles. The van der Waals surface area contributed by atoms with Crippen molar-refractivity contribution in [3.63, 3.8) is 0 Å². The molecule has 0 aromatic heterocycles. The number of nitrogens with one attached hydrogen (secondary N) is 1. The number of hydrogen-bond acceptors (Lipinski definition) is 6. The van der Waals surface area contributed by atoms with Gasteiger partial charge in [-0.25, -0.2) is 23.3 Å². The summed E-state index contributed by atoms with van der Waals surface area (Å²) in [6.45, 7) is 1.56. The number of imide groups is 1. The number of carbonyl (C=O) groups is 2. The van der Waals surface area contributed by atoms with E-state index in [0.29, 0.717) is 16.2 Å². The lowest BCUT2D eigenvalue weighted by Gasteiger charge is -2.36. The van der Waals surface area contributed by atoms with Gasteiger partial charge in [0.1, 0.15) is 5.75 Å². The molecule has 0 aliphatic carbocycles. The number of urea groups is 1. The lowest BCUT2D eigenvalue weighted by molar-refractivity contribution is -0.384. The van der Waals surface area contributed by atoms with E-state index in [0.717, 1.165) is 24.3 Å². The zero-order valence-electron chi connectivity index (χ0n) is 16.4. The number of non-ortho nitro benzene ring substituents is 1. The van der Waals surface area contributed by atoms with Crippen molar-refractivity contribution in [1.29, 1.82) is 0 Å². The molecule has 2 aromatic carbocycles. The van der Waals surface area contributed by atoms with Gasteiger partial charge in [0, 0.05) is 30.5 Å². The van der Waals surface area contributed by atoms with Crippen LogP contribution in [0.4, 0.5) is 24.1 Å². The fourth-order valence-electron chi connectivity index (χ4n) is 3.13. The maximum atomic E-state index is 13.9. The summed E-state index contributed by atoms with van der Waals surface area (Å²) < 4.78 is 37.7. The van der Waals surface area contributed by atoms with Gasteiger partial charge in [-0.2, -0.15) is 0 Å². The highest BCUT2D eigenvalue weighted by Gasteiger charge is 2.40. The molecule has 0 saturated carbocycles. The van der Waals surface area contributed by atoms with Crippen LogP contribution >= 0.6 is 0 Å². The van der Waals surface area contributed by atoms with Gasteiger partial charge in [0.15, 0.2) is 11.6 Å². The van der Waals surface area contributed by atoms with Gasteiger partial charge < -0.3 is 14.8 Å². The van der Waals surface area contributed by atoms with E-state index < -0.39 is 34.7 Å². The summed E-state index contributed by atoms with van der Waals surface area (Å²) in [7, 11) is 1.40. The monoisotopic (exact) mass is 433 g/mol. The molecule has 1 atom stereocenters. The van der Waals surface area contributed by atoms with Crippen LogP contribution in [-0.2, 0) is 4.74 Å². The summed E-state index contributed by atoms with van der Waals surface area (Å²) in [5.41, 5.74) is 0.728. The number of benzene rings is 2. The number of carbonyl (C=O) groups excluding carboxylic acids is 2. The van der Waals surface area contributed by atoms with Crippen molar-refractivity contribution < 1.29 is 32.8 Å². The van der Waals surface area contributed by atoms with Crippen LogP contribution in [0.3, 0.4) is 0 Å². The average Bonchev–Trinajstić information content (AvgIpc) is 2.72. The van der Waals surface area contributed by atoms with Gasteiger partial charge in [-0.1, -0.05) is 6.07 Å². The van der Waals surface area contributed by atoms with Gasteiger partial charge >= 0.3 is 12.1 Å². The molecular weight excluding hydrogens is 416 g/mol. The molecule has 3 amide bonds. The van der Waals surface area contributed by atoms with E-state index in [4.69, 9.17) is 9.47 Å². The van der Waals surface area contributed by atoms with E-state index in [-0.39, 0.29) is 23.6 Å². The van der Waals surface area contributed by atoms with Crippen LogP contribution in [-0.4, -0.2) is 35.7 Å². The molecule has 1 heterocycles. The predicted molar refractivity (Wildman–Crippen MR) is 103 cm³/mol. The maximum Gasteiger partial charge on any atom is 0.424 e. The molecular formula is C20H17F2N3O6. The average molecular weight is 433 g/mol. The van der Waals surface area contributed by atoms with Gasteiger partial charge in [0.25, 0.3) is 5.69 Å². The number of rotatable bonds is 5. The zero-order chi connectivity index (χ0) is 22.7. The SMILES string of the molecule is COCC1=C(C)NC(=O)N(C(=O)Oc2ccc([N+](=O)[O-])cc2)C1c1ccc(F)c(F)c1. The van der Waals surface area contributed by atoms with Crippen molar-refractivity contribution in [2.45, 2.75) is 13.0 Å². The third-order valence-corrected chi connectivity index (χ3v) is 4.59. The van der Waals surface area contributed by atoms with Crippen LogP contribution in [0.1, 0.15) is 18.5 Å². The molecule has 0 saturated heterocycles.